The number of hydrogen-bond acceptors (Lipinski definition) is 0. The maximum absolute atomic E-state index is 2.34. The molecule has 3 aromatic rings. The van der Waals surface area contributed by atoms with Crippen LogP contribution in [0.1, 0.15) is 27.8 Å². The lowest BCUT2D eigenvalue weighted by Crippen LogP contribution is -2.05. The van der Waals surface area contributed by atoms with Crippen LogP contribution >= 0.6 is 0 Å². The maximum Gasteiger partial charge on any atom is 0.0846 e. The molecule has 1 aliphatic carbocycles. The van der Waals surface area contributed by atoms with E-state index in [9.17, 15) is 0 Å². The van der Waals surface area contributed by atoms with Gasteiger partial charge in [0.15, 0.2) is 0 Å². The van der Waals surface area contributed by atoms with Crippen LogP contribution in [-0.2, 0) is 6.42 Å². The Morgan fingerprint density at radius 3 is 2.74 bits per heavy atom. The van der Waals surface area contributed by atoms with Crippen molar-refractivity contribution in [3.8, 4) is 0 Å². The van der Waals surface area contributed by atoms with Gasteiger partial charge in [-0.1, -0.05) is 6.07 Å². The summed E-state index contributed by atoms with van der Waals surface area (Å²) in [5.41, 5.74) is 6.96. The topological polar surface area (TPSA) is 0 Å². The lowest BCUT2D eigenvalue weighted by molar-refractivity contribution is 1.11. The Labute approximate surface area is 113 Å². The summed E-state index contributed by atoms with van der Waals surface area (Å²) < 4.78 is 0. The zero-order chi connectivity index (χ0) is 12.8. The average Bonchev–Trinajstić information content (AvgIpc) is 2.44. The van der Waals surface area contributed by atoms with E-state index in [1.807, 2.05) is 0 Å². The molecule has 0 heteroatoms. The van der Waals surface area contributed by atoms with E-state index in [1.54, 1.807) is 0 Å². The van der Waals surface area contributed by atoms with E-state index >= 15 is 0 Å². The first-order valence-electron chi connectivity index (χ1n) is 6.76. The predicted molar refractivity (Wildman–Crippen MR) is 80.4 cm³/mol. The van der Waals surface area contributed by atoms with Crippen molar-refractivity contribution in [2.45, 2.75) is 13.3 Å². The van der Waals surface area contributed by atoms with Crippen molar-refractivity contribution >= 4 is 10.8 Å². The monoisotopic (exact) mass is 243 g/mol. The first kappa shape index (κ1) is 10.7. The lowest BCUT2D eigenvalue weighted by Gasteiger charge is -2.14. The molecule has 0 N–H and O–H groups in total. The summed E-state index contributed by atoms with van der Waals surface area (Å²) in [6.45, 7) is 2.15. The molecule has 0 aromatic heterocycles. The zero-order valence-corrected chi connectivity index (χ0v) is 11.0. The summed E-state index contributed by atoms with van der Waals surface area (Å²) in [4.78, 5) is 0. The van der Waals surface area contributed by atoms with E-state index in [2.05, 4.69) is 67.9 Å². The van der Waals surface area contributed by atoms with Gasteiger partial charge in [-0.05, 0) is 55.0 Å². The smallest absolute Gasteiger partial charge is 0.0508 e. The second-order valence-corrected chi connectivity index (χ2v) is 5.38. The highest BCUT2D eigenvalue weighted by atomic mass is 14.2. The molecule has 0 heterocycles. The number of rotatable bonds is 0. The van der Waals surface area contributed by atoms with E-state index < -0.39 is 0 Å². The van der Waals surface area contributed by atoms with Crippen molar-refractivity contribution < 1.29 is 0 Å². The van der Waals surface area contributed by atoms with E-state index in [0.29, 0.717) is 0 Å². The third-order valence-corrected chi connectivity index (χ3v) is 4.04. The molecule has 0 spiro atoms. The van der Waals surface area contributed by atoms with Crippen LogP contribution in [0.5, 0.6) is 0 Å². The van der Waals surface area contributed by atoms with E-state index in [-0.39, 0.29) is 0 Å². The Morgan fingerprint density at radius 1 is 0.895 bits per heavy atom. The van der Waals surface area contributed by atoms with Crippen LogP contribution in [0.25, 0.3) is 10.8 Å². The van der Waals surface area contributed by atoms with E-state index in [4.69, 9.17) is 0 Å². The SMILES string of the molecule is Cc1ccc2c3c(ccc2c1)Cc1ccccc1[CH+]3. The van der Waals surface area contributed by atoms with Crippen LogP contribution in [0.4, 0.5) is 0 Å². The second kappa shape index (κ2) is 3.89. The molecule has 0 bridgehead atoms. The Bertz CT molecular complexity index is 781. The predicted octanol–water partition coefficient (Wildman–Crippen LogP) is 4.65. The van der Waals surface area contributed by atoms with Crippen molar-refractivity contribution in [1.29, 1.82) is 0 Å². The summed E-state index contributed by atoms with van der Waals surface area (Å²) in [5, 5.41) is 2.71. The molecule has 0 saturated carbocycles. The molecule has 3 aromatic carbocycles. The first-order chi connectivity index (χ1) is 9.31. The standard InChI is InChI=1S/C19H15/c1-13-6-9-18-16(10-13)7-8-17-11-14-4-2-3-5-15(14)12-19(17)18/h2-10,12H,11H2,1H3/q+1. The Hall–Kier alpha value is -2.21. The van der Waals surface area contributed by atoms with Gasteiger partial charge in [0, 0.05) is 29.0 Å². The van der Waals surface area contributed by atoms with Gasteiger partial charge in [-0.2, -0.15) is 0 Å². The molecule has 0 aliphatic heterocycles. The fourth-order valence-electron chi connectivity index (χ4n) is 3.04. The van der Waals surface area contributed by atoms with Crippen molar-refractivity contribution in [3.63, 3.8) is 0 Å². The highest BCUT2D eigenvalue weighted by Crippen LogP contribution is 2.33. The largest absolute Gasteiger partial charge is 0.0846 e. The van der Waals surface area contributed by atoms with Crippen LogP contribution < -0.4 is 0 Å². The summed E-state index contributed by atoms with van der Waals surface area (Å²) in [5.74, 6) is 0. The van der Waals surface area contributed by atoms with Crippen LogP contribution in [0, 0.1) is 13.3 Å². The van der Waals surface area contributed by atoms with E-state index in [1.165, 1.54) is 38.6 Å². The van der Waals surface area contributed by atoms with Crippen LogP contribution in [0.15, 0.2) is 54.6 Å². The Kier molecular flexibility index (Phi) is 2.19. The van der Waals surface area contributed by atoms with Crippen molar-refractivity contribution in [1.82, 2.24) is 0 Å². The minimum atomic E-state index is 1.05. The Morgan fingerprint density at radius 2 is 1.79 bits per heavy atom. The third kappa shape index (κ3) is 1.64. The van der Waals surface area contributed by atoms with Crippen LogP contribution in [-0.4, -0.2) is 0 Å². The van der Waals surface area contributed by atoms with E-state index in [0.717, 1.165) is 6.42 Å². The molecule has 4 rings (SSSR count). The average molecular weight is 243 g/mol. The quantitative estimate of drug-likeness (QED) is 0.394. The Balaban J connectivity index is 1.96. The van der Waals surface area contributed by atoms with Gasteiger partial charge in [0.2, 0.25) is 0 Å². The van der Waals surface area contributed by atoms with Gasteiger partial charge in [0.25, 0.3) is 0 Å². The summed E-state index contributed by atoms with van der Waals surface area (Å²) in [7, 11) is 0. The van der Waals surface area contributed by atoms with Crippen LogP contribution in [0.3, 0.4) is 0 Å². The van der Waals surface area contributed by atoms with Gasteiger partial charge >= 0.3 is 0 Å². The minimum absolute atomic E-state index is 1.05. The number of aryl methyl sites for hydroxylation is 1. The first-order valence-corrected chi connectivity index (χ1v) is 6.76. The van der Waals surface area contributed by atoms with Gasteiger partial charge in [-0.25, -0.2) is 0 Å². The second-order valence-electron chi connectivity index (χ2n) is 5.38. The van der Waals surface area contributed by atoms with Gasteiger partial charge in [-0.15, -0.1) is 0 Å². The zero-order valence-electron chi connectivity index (χ0n) is 11.0. The summed E-state index contributed by atoms with van der Waals surface area (Å²) in [6, 6.07) is 20.0. The molecule has 0 saturated heterocycles. The third-order valence-electron chi connectivity index (χ3n) is 4.04. The summed E-state index contributed by atoms with van der Waals surface area (Å²) >= 11 is 0. The van der Waals surface area contributed by atoms with Crippen LogP contribution in [0.2, 0.25) is 0 Å². The molecule has 0 unspecified atom stereocenters. The molecule has 0 atom stereocenters. The van der Waals surface area contributed by atoms with Crippen molar-refractivity contribution in [3.05, 3.63) is 88.8 Å². The summed E-state index contributed by atoms with van der Waals surface area (Å²) in [6.07, 6.45) is 3.39. The fraction of sp³-hybridized carbons (Fsp3) is 0.105. The molecule has 0 radical (unpaired) electrons. The van der Waals surface area contributed by atoms with Crippen molar-refractivity contribution in [2.75, 3.05) is 0 Å². The minimum Gasteiger partial charge on any atom is -0.0508 e. The van der Waals surface area contributed by atoms with Gasteiger partial charge in [0.1, 0.15) is 0 Å². The number of benzene rings is 3. The fourth-order valence-corrected chi connectivity index (χ4v) is 3.04. The number of fused-ring (bicyclic) bond motifs is 4. The van der Waals surface area contributed by atoms with Gasteiger partial charge in [0.05, 0.1) is 22.9 Å². The lowest BCUT2D eigenvalue weighted by atomic mass is 9.83. The molecule has 1 aliphatic rings. The van der Waals surface area contributed by atoms with Gasteiger partial charge < -0.3 is 0 Å². The van der Waals surface area contributed by atoms with Crippen molar-refractivity contribution in [2.24, 2.45) is 0 Å². The highest BCUT2D eigenvalue weighted by molar-refractivity contribution is 5.90. The molecule has 19 heavy (non-hydrogen) atoms. The maximum atomic E-state index is 2.34. The molecule has 0 fully saturated rings. The molecule has 0 nitrogen and oxygen atoms in total. The molecular weight excluding hydrogens is 228 g/mol. The van der Waals surface area contributed by atoms with Gasteiger partial charge in [-0.3, -0.25) is 0 Å². The molecule has 0 amide bonds. The molecular formula is C19H15+. The number of hydrogen-bond donors (Lipinski definition) is 0. The molecule has 90 valence electrons. The normalized spacial score (nSPS) is 12.7. The highest BCUT2D eigenvalue weighted by Gasteiger charge is 2.23.